The van der Waals surface area contributed by atoms with Crippen LogP contribution in [0.25, 0.3) is 11.3 Å². The maximum Gasteiger partial charge on any atom is 0.258 e. The third kappa shape index (κ3) is 2.18. The second kappa shape index (κ2) is 4.87. The number of benzene rings is 1. The lowest BCUT2D eigenvalue weighted by Crippen LogP contribution is -2.12. The van der Waals surface area contributed by atoms with Crippen LogP contribution in [0.3, 0.4) is 0 Å². The van der Waals surface area contributed by atoms with E-state index >= 15 is 0 Å². The number of aldehydes is 1. The van der Waals surface area contributed by atoms with E-state index in [2.05, 4.69) is 4.98 Å². The number of nitrogens with one attached hydrogen (secondary N) is 1. The van der Waals surface area contributed by atoms with Crippen molar-refractivity contribution in [3.05, 3.63) is 51.8 Å². The van der Waals surface area contributed by atoms with E-state index in [0.29, 0.717) is 17.7 Å². The molecule has 0 saturated carbocycles. The molecule has 1 heterocycles. The normalized spacial score (nSPS) is 10.1. The van der Waals surface area contributed by atoms with Crippen LogP contribution in [0.4, 0.5) is 0 Å². The lowest BCUT2D eigenvalue weighted by atomic mass is 10.1. The van der Waals surface area contributed by atoms with Crippen molar-refractivity contribution in [2.75, 3.05) is 7.11 Å². The van der Waals surface area contributed by atoms with Crippen LogP contribution in [0.1, 0.15) is 15.9 Å². The number of aryl methyl sites for hydroxylation is 1. The van der Waals surface area contributed by atoms with Crippen LogP contribution in [-0.2, 0) is 0 Å². The predicted molar refractivity (Wildman–Crippen MR) is 69.2 cm³/mol. The molecular weight excluding hydrogens is 230 g/mol. The first-order valence-electron chi connectivity index (χ1n) is 5.49. The molecule has 1 N–H and O–H groups in total. The summed E-state index contributed by atoms with van der Waals surface area (Å²) < 4.78 is 5.26. The number of aromatic amines is 1. The minimum Gasteiger partial charge on any atom is -0.496 e. The van der Waals surface area contributed by atoms with Crippen LogP contribution in [0, 0.1) is 6.92 Å². The second-order valence-electron chi connectivity index (χ2n) is 3.98. The Morgan fingerprint density at radius 3 is 2.61 bits per heavy atom. The lowest BCUT2D eigenvalue weighted by molar-refractivity contribution is 0.112. The van der Waals surface area contributed by atoms with Gasteiger partial charge in [-0.05, 0) is 31.2 Å². The average molecular weight is 243 g/mol. The third-order valence-electron chi connectivity index (χ3n) is 2.71. The maximum absolute atomic E-state index is 11.6. The number of pyridine rings is 1. The zero-order chi connectivity index (χ0) is 13.1. The van der Waals surface area contributed by atoms with Crippen LogP contribution >= 0.6 is 0 Å². The molecule has 0 bridgehead atoms. The first-order valence-corrected chi connectivity index (χ1v) is 5.49. The molecule has 0 aliphatic rings. The minimum absolute atomic E-state index is 0.116. The van der Waals surface area contributed by atoms with Crippen molar-refractivity contribution in [3.8, 4) is 17.0 Å². The summed E-state index contributed by atoms with van der Waals surface area (Å²) >= 11 is 0. The predicted octanol–water partition coefficient (Wildman–Crippen LogP) is 2.17. The Bertz CT molecular complexity index is 644. The van der Waals surface area contributed by atoms with Gasteiger partial charge in [-0.3, -0.25) is 9.59 Å². The summed E-state index contributed by atoms with van der Waals surface area (Å²) in [5.41, 5.74) is 2.21. The van der Waals surface area contributed by atoms with Gasteiger partial charge in [0.15, 0.2) is 6.29 Å². The molecule has 0 aliphatic carbocycles. The Labute approximate surface area is 104 Å². The topological polar surface area (TPSA) is 59.2 Å². The summed E-state index contributed by atoms with van der Waals surface area (Å²) in [6.45, 7) is 1.96. The highest BCUT2D eigenvalue weighted by Gasteiger charge is 2.08. The smallest absolute Gasteiger partial charge is 0.258 e. The summed E-state index contributed by atoms with van der Waals surface area (Å²) in [6, 6.07) is 8.90. The van der Waals surface area contributed by atoms with Gasteiger partial charge < -0.3 is 9.72 Å². The van der Waals surface area contributed by atoms with Gasteiger partial charge in [-0.15, -0.1) is 0 Å². The molecule has 0 unspecified atom stereocenters. The Hall–Kier alpha value is -2.36. The van der Waals surface area contributed by atoms with Gasteiger partial charge in [0.2, 0.25) is 0 Å². The van der Waals surface area contributed by atoms with Crippen LogP contribution in [0.15, 0.2) is 35.1 Å². The van der Waals surface area contributed by atoms with Crippen molar-refractivity contribution in [2.24, 2.45) is 0 Å². The van der Waals surface area contributed by atoms with E-state index in [0.717, 1.165) is 11.1 Å². The molecule has 0 saturated heterocycles. The number of H-pyrrole nitrogens is 1. The fourth-order valence-corrected chi connectivity index (χ4v) is 1.77. The number of rotatable bonds is 3. The molecule has 92 valence electrons. The molecule has 0 amide bonds. The van der Waals surface area contributed by atoms with E-state index in [1.807, 2.05) is 25.1 Å². The number of methoxy groups -OCH3 is 1. The SMILES string of the molecule is COc1ccc(C)cc1-c1ccc(C=O)c(=O)[nH]1. The molecule has 0 radical (unpaired) electrons. The lowest BCUT2D eigenvalue weighted by Gasteiger charge is -2.09. The summed E-state index contributed by atoms with van der Waals surface area (Å²) in [7, 11) is 1.58. The van der Waals surface area contributed by atoms with Gasteiger partial charge in [0, 0.05) is 5.56 Å². The fourth-order valence-electron chi connectivity index (χ4n) is 1.77. The number of carbonyl (C=O) groups is 1. The summed E-state index contributed by atoms with van der Waals surface area (Å²) in [6.07, 6.45) is 0.538. The van der Waals surface area contributed by atoms with Gasteiger partial charge in [-0.25, -0.2) is 0 Å². The van der Waals surface area contributed by atoms with Crippen molar-refractivity contribution in [2.45, 2.75) is 6.92 Å². The molecule has 0 spiro atoms. The molecule has 1 aromatic heterocycles. The van der Waals surface area contributed by atoms with Crippen molar-refractivity contribution in [3.63, 3.8) is 0 Å². The van der Waals surface area contributed by atoms with Crippen molar-refractivity contribution in [1.82, 2.24) is 4.98 Å². The highest BCUT2D eigenvalue weighted by Crippen LogP contribution is 2.28. The van der Waals surface area contributed by atoms with E-state index in [1.54, 1.807) is 13.2 Å². The van der Waals surface area contributed by atoms with Gasteiger partial charge in [0.1, 0.15) is 5.75 Å². The van der Waals surface area contributed by atoms with Gasteiger partial charge in [0.05, 0.1) is 18.4 Å². The van der Waals surface area contributed by atoms with Crippen molar-refractivity contribution >= 4 is 6.29 Å². The molecule has 2 aromatic rings. The summed E-state index contributed by atoms with van der Waals surface area (Å²) in [5, 5.41) is 0. The third-order valence-corrected chi connectivity index (χ3v) is 2.71. The second-order valence-corrected chi connectivity index (χ2v) is 3.98. The number of ether oxygens (including phenoxy) is 1. The quantitative estimate of drug-likeness (QED) is 0.840. The molecule has 4 nitrogen and oxygen atoms in total. The monoisotopic (exact) mass is 243 g/mol. The first kappa shape index (κ1) is 12.1. The van der Waals surface area contributed by atoms with Crippen LogP contribution in [0.5, 0.6) is 5.75 Å². The fraction of sp³-hybridized carbons (Fsp3) is 0.143. The molecule has 0 aliphatic heterocycles. The molecular formula is C14H13NO3. The Morgan fingerprint density at radius 1 is 1.22 bits per heavy atom. The Kier molecular flexibility index (Phi) is 3.28. The summed E-state index contributed by atoms with van der Waals surface area (Å²) in [5.74, 6) is 0.676. The van der Waals surface area contributed by atoms with E-state index in [-0.39, 0.29) is 5.56 Å². The van der Waals surface area contributed by atoms with Crippen molar-refractivity contribution < 1.29 is 9.53 Å². The van der Waals surface area contributed by atoms with Gasteiger partial charge in [-0.2, -0.15) is 0 Å². The van der Waals surface area contributed by atoms with Gasteiger partial charge in [0.25, 0.3) is 5.56 Å². The molecule has 18 heavy (non-hydrogen) atoms. The minimum atomic E-state index is -0.397. The molecule has 2 rings (SSSR count). The van der Waals surface area contributed by atoms with Crippen LogP contribution < -0.4 is 10.3 Å². The average Bonchev–Trinajstić information content (AvgIpc) is 2.38. The number of aromatic nitrogens is 1. The summed E-state index contributed by atoms with van der Waals surface area (Å²) in [4.78, 5) is 24.9. The molecule has 1 aromatic carbocycles. The van der Waals surface area contributed by atoms with E-state index in [1.165, 1.54) is 6.07 Å². The van der Waals surface area contributed by atoms with E-state index in [4.69, 9.17) is 4.74 Å². The Morgan fingerprint density at radius 2 is 2.00 bits per heavy atom. The van der Waals surface area contributed by atoms with E-state index in [9.17, 15) is 9.59 Å². The van der Waals surface area contributed by atoms with Gasteiger partial charge in [-0.1, -0.05) is 11.6 Å². The molecule has 0 atom stereocenters. The number of hydrogen-bond acceptors (Lipinski definition) is 3. The standard InChI is InChI=1S/C14H13NO3/c1-9-3-6-13(18-2)11(7-9)12-5-4-10(8-16)14(17)15-12/h3-8H,1-2H3,(H,15,17). The molecule has 0 fully saturated rings. The highest BCUT2D eigenvalue weighted by atomic mass is 16.5. The van der Waals surface area contributed by atoms with Gasteiger partial charge >= 0.3 is 0 Å². The highest BCUT2D eigenvalue weighted by molar-refractivity contribution is 5.76. The number of carbonyl (C=O) groups excluding carboxylic acids is 1. The Balaban J connectivity index is 2.61. The first-order chi connectivity index (χ1) is 8.65. The zero-order valence-electron chi connectivity index (χ0n) is 10.2. The van der Waals surface area contributed by atoms with E-state index < -0.39 is 5.56 Å². The number of hydrogen-bond donors (Lipinski definition) is 1. The zero-order valence-corrected chi connectivity index (χ0v) is 10.2. The van der Waals surface area contributed by atoms with Crippen molar-refractivity contribution in [1.29, 1.82) is 0 Å². The largest absolute Gasteiger partial charge is 0.496 e. The molecule has 4 heteroatoms. The van der Waals surface area contributed by atoms with Crippen LogP contribution in [-0.4, -0.2) is 18.4 Å². The maximum atomic E-state index is 11.6. The van der Waals surface area contributed by atoms with Crippen LogP contribution in [0.2, 0.25) is 0 Å².